The molecule has 8 N–H and O–H groups in total. The number of carboxylic acid groups (broad SMARTS) is 1. The summed E-state index contributed by atoms with van der Waals surface area (Å²) in [7, 11) is 0. The Kier molecular flexibility index (Phi) is 7.03. The lowest BCUT2D eigenvalue weighted by molar-refractivity contribution is -0.271. The minimum atomic E-state index is -1.80. The molecule has 0 bridgehead atoms. The van der Waals surface area contributed by atoms with Crippen LogP contribution in [-0.2, 0) is 9.53 Å². The zero-order valence-electron chi connectivity index (χ0n) is 14.0. The Labute approximate surface area is 151 Å². The molecule has 0 radical (unpaired) electrons. The lowest BCUT2D eigenvalue weighted by Gasteiger charge is -2.38. The van der Waals surface area contributed by atoms with Crippen molar-refractivity contribution in [3.63, 3.8) is 0 Å². The molecule has 0 amide bonds. The number of aliphatic hydroxyl groups is 3. The highest BCUT2D eigenvalue weighted by molar-refractivity contribution is 5.81. The van der Waals surface area contributed by atoms with Crippen LogP contribution in [0.2, 0.25) is 0 Å². The number of aliphatic carboxylic acids is 1. The molecule has 1 aromatic heterocycles. The number of rotatable bonds is 3. The number of carboxylic acids is 1. The molecule has 1 aliphatic heterocycles. The summed E-state index contributed by atoms with van der Waals surface area (Å²) in [6.45, 7) is 1.74. The van der Waals surface area contributed by atoms with E-state index in [0.717, 1.165) is 0 Å². The van der Waals surface area contributed by atoms with Crippen LogP contribution in [0.5, 0.6) is 5.75 Å². The van der Waals surface area contributed by atoms with Gasteiger partial charge >= 0.3 is 11.6 Å². The van der Waals surface area contributed by atoms with Gasteiger partial charge in [0.1, 0.15) is 29.6 Å². The van der Waals surface area contributed by atoms with Gasteiger partial charge < -0.3 is 45.3 Å². The molecule has 1 aliphatic rings. The van der Waals surface area contributed by atoms with Crippen LogP contribution in [0, 0.1) is 6.92 Å². The van der Waals surface area contributed by atoms with Crippen LogP contribution < -0.4 is 10.4 Å². The molecule has 27 heavy (non-hydrogen) atoms. The van der Waals surface area contributed by atoms with E-state index in [4.69, 9.17) is 19.0 Å². The van der Waals surface area contributed by atoms with Gasteiger partial charge in [-0.3, -0.25) is 0 Å². The van der Waals surface area contributed by atoms with Gasteiger partial charge in [-0.2, -0.15) is 0 Å². The maximum atomic E-state index is 11.5. The Balaban J connectivity index is 0.00000182. The highest BCUT2D eigenvalue weighted by atomic mass is 16.7. The van der Waals surface area contributed by atoms with Crippen molar-refractivity contribution in [1.29, 1.82) is 0 Å². The van der Waals surface area contributed by atoms with Crippen LogP contribution in [0.15, 0.2) is 33.5 Å². The van der Waals surface area contributed by atoms with Crippen molar-refractivity contribution in [3.8, 4) is 5.75 Å². The summed E-state index contributed by atoms with van der Waals surface area (Å²) in [4.78, 5) is 22.5. The summed E-state index contributed by atoms with van der Waals surface area (Å²) in [5.41, 5.74) is 0.403. The Morgan fingerprint density at radius 2 is 1.74 bits per heavy atom. The number of carbonyl (C=O) groups is 1. The molecule has 0 aliphatic carbocycles. The van der Waals surface area contributed by atoms with Crippen molar-refractivity contribution in [2.45, 2.75) is 37.6 Å². The SMILES string of the molecule is Cc1cc(=O)oc2cc(O[C@@H]3OC(C(=O)O)[C@@H](O)[C@@H](O)C3O)ccc12.O.O. The minimum Gasteiger partial charge on any atom is -0.479 e. The molecule has 1 aromatic carbocycles. The van der Waals surface area contributed by atoms with Gasteiger partial charge in [0.2, 0.25) is 6.29 Å². The lowest BCUT2D eigenvalue weighted by Crippen LogP contribution is -2.61. The van der Waals surface area contributed by atoms with E-state index in [0.29, 0.717) is 10.9 Å². The lowest BCUT2D eigenvalue weighted by atomic mass is 9.99. The average molecular weight is 388 g/mol. The van der Waals surface area contributed by atoms with E-state index in [1.54, 1.807) is 13.0 Å². The fourth-order valence-corrected chi connectivity index (χ4v) is 2.66. The molecule has 2 unspecified atom stereocenters. The molecule has 2 heterocycles. The second kappa shape index (κ2) is 8.43. The van der Waals surface area contributed by atoms with Crippen molar-refractivity contribution in [3.05, 3.63) is 40.2 Å². The Morgan fingerprint density at radius 1 is 1.07 bits per heavy atom. The maximum Gasteiger partial charge on any atom is 0.336 e. The molecule has 0 spiro atoms. The second-order valence-electron chi connectivity index (χ2n) is 5.76. The highest BCUT2D eigenvalue weighted by Crippen LogP contribution is 2.27. The molecule has 2 aromatic rings. The van der Waals surface area contributed by atoms with E-state index >= 15 is 0 Å². The van der Waals surface area contributed by atoms with E-state index < -0.39 is 42.3 Å². The Hall–Kier alpha value is -2.54. The first-order valence-electron chi connectivity index (χ1n) is 7.41. The number of fused-ring (bicyclic) bond motifs is 1. The van der Waals surface area contributed by atoms with Gasteiger partial charge in [-0.05, 0) is 24.6 Å². The Morgan fingerprint density at radius 3 is 2.37 bits per heavy atom. The third-order valence-corrected chi connectivity index (χ3v) is 3.99. The fourth-order valence-electron chi connectivity index (χ4n) is 2.66. The first-order valence-corrected chi connectivity index (χ1v) is 7.41. The zero-order chi connectivity index (χ0) is 18.3. The molecule has 1 fully saturated rings. The number of ether oxygens (including phenoxy) is 2. The van der Waals surface area contributed by atoms with Crippen LogP contribution >= 0.6 is 0 Å². The summed E-state index contributed by atoms with van der Waals surface area (Å²) >= 11 is 0. The van der Waals surface area contributed by atoms with Gasteiger partial charge in [-0.15, -0.1) is 0 Å². The average Bonchev–Trinajstić information content (AvgIpc) is 2.54. The van der Waals surface area contributed by atoms with Crippen molar-refractivity contribution in [2.75, 3.05) is 0 Å². The van der Waals surface area contributed by atoms with Crippen molar-refractivity contribution in [2.24, 2.45) is 0 Å². The van der Waals surface area contributed by atoms with Gasteiger partial charge in [-0.25, -0.2) is 9.59 Å². The van der Waals surface area contributed by atoms with Crippen molar-refractivity contribution < 1.29 is 50.1 Å². The molecule has 5 atom stereocenters. The third-order valence-electron chi connectivity index (χ3n) is 3.99. The Bertz CT molecular complexity index is 861. The molecular formula is C16H20O11. The van der Waals surface area contributed by atoms with Gasteiger partial charge in [0.15, 0.2) is 6.10 Å². The summed E-state index contributed by atoms with van der Waals surface area (Å²) < 4.78 is 15.5. The van der Waals surface area contributed by atoms with Crippen LogP contribution in [0.3, 0.4) is 0 Å². The summed E-state index contributed by atoms with van der Waals surface area (Å²) in [5, 5.41) is 39.1. The number of hydrogen-bond donors (Lipinski definition) is 4. The predicted molar refractivity (Wildman–Crippen MR) is 89.4 cm³/mol. The molecular weight excluding hydrogens is 368 g/mol. The molecule has 1 saturated heterocycles. The van der Waals surface area contributed by atoms with Crippen LogP contribution in [-0.4, -0.2) is 68.1 Å². The van der Waals surface area contributed by atoms with Crippen molar-refractivity contribution in [1.82, 2.24) is 0 Å². The van der Waals surface area contributed by atoms with Crippen LogP contribution in [0.25, 0.3) is 11.0 Å². The standard InChI is InChI=1S/C16H16O9.2H2O/c1-6-4-10(17)24-9-5-7(2-3-8(6)9)23-16-13(20)11(18)12(19)14(25-16)15(21)22;;/h2-5,11-14,16,18-20H,1H3,(H,21,22);2*1H2/t11-,12+,13?,14?,16-;;/m1../s1. The highest BCUT2D eigenvalue weighted by Gasteiger charge is 2.48. The smallest absolute Gasteiger partial charge is 0.336 e. The zero-order valence-corrected chi connectivity index (χ0v) is 14.0. The summed E-state index contributed by atoms with van der Waals surface area (Å²) in [6, 6.07) is 5.86. The largest absolute Gasteiger partial charge is 0.479 e. The summed E-state index contributed by atoms with van der Waals surface area (Å²) in [6.07, 6.45) is -8.53. The van der Waals surface area contributed by atoms with E-state index in [9.17, 15) is 24.9 Å². The van der Waals surface area contributed by atoms with E-state index in [1.165, 1.54) is 18.2 Å². The topological polar surface area (TPSA) is 210 Å². The first kappa shape index (κ1) is 22.5. The monoisotopic (exact) mass is 388 g/mol. The summed E-state index contributed by atoms with van der Waals surface area (Å²) in [5.74, 6) is -1.38. The number of aryl methyl sites for hydroxylation is 1. The van der Waals surface area contributed by atoms with Gasteiger partial charge in [-0.1, -0.05) is 0 Å². The molecule has 11 heteroatoms. The van der Waals surface area contributed by atoms with E-state index in [-0.39, 0.29) is 22.3 Å². The number of aliphatic hydroxyl groups excluding tert-OH is 3. The second-order valence-corrected chi connectivity index (χ2v) is 5.76. The quantitative estimate of drug-likeness (QED) is 0.417. The van der Waals surface area contributed by atoms with Crippen molar-refractivity contribution >= 4 is 16.9 Å². The van der Waals surface area contributed by atoms with Gasteiger partial charge in [0, 0.05) is 17.5 Å². The number of hydrogen-bond acceptors (Lipinski definition) is 8. The first-order chi connectivity index (χ1) is 11.8. The molecule has 11 nitrogen and oxygen atoms in total. The molecule has 0 saturated carbocycles. The molecule has 3 rings (SSSR count). The maximum absolute atomic E-state index is 11.5. The third kappa shape index (κ3) is 4.24. The predicted octanol–water partition coefficient (Wildman–Crippen LogP) is -2.28. The van der Waals surface area contributed by atoms with Gasteiger partial charge in [0.05, 0.1) is 0 Å². The van der Waals surface area contributed by atoms with Gasteiger partial charge in [0.25, 0.3) is 0 Å². The normalized spacial score (nSPS) is 27.3. The minimum absolute atomic E-state index is 0. The fraction of sp³-hybridized carbons (Fsp3) is 0.375. The molecule has 150 valence electrons. The van der Waals surface area contributed by atoms with Crippen LogP contribution in [0.4, 0.5) is 0 Å². The van der Waals surface area contributed by atoms with E-state index in [2.05, 4.69) is 0 Å². The number of benzene rings is 1. The van der Waals surface area contributed by atoms with E-state index in [1.807, 2.05) is 0 Å². The van der Waals surface area contributed by atoms with Crippen LogP contribution in [0.1, 0.15) is 5.56 Å².